The molecule has 1 spiro atoms. The number of hydrogen-bond acceptors (Lipinski definition) is 8. The first kappa shape index (κ1) is 26.0. The minimum absolute atomic E-state index is 0.0949. The van der Waals surface area contributed by atoms with Gasteiger partial charge in [0.15, 0.2) is 5.78 Å². The molecule has 0 amide bonds. The maximum atomic E-state index is 13.5. The number of esters is 2. The van der Waals surface area contributed by atoms with Gasteiger partial charge in [0.2, 0.25) is 0 Å². The molecule has 6 rings (SSSR count). The Morgan fingerprint density at radius 2 is 1.92 bits per heavy atom. The highest BCUT2D eigenvalue weighted by Gasteiger charge is 2.82. The molecule has 11 atom stereocenters. The van der Waals surface area contributed by atoms with E-state index >= 15 is 0 Å². The van der Waals surface area contributed by atoms with Crippen molar-refractivity contribution in [2.75, 3.05) is 0 Å². The van der Waals surface area contributed by atoms with Gasteiger partial charge >= 0.3 is 11.9 Å². The smallest absolute Gasteiger partial charge is 0.333 e. The third-order valence-electron chi connectivity index (χ3n) is 11.5. The van der Waals surface area contributed by atoms with Crippen LogP contribution in [0.3, 0.4) is 0 Å². The molecule has 0 bridgehead atoms. The van der Waals surface area contributed by atoms with E-state index in [0.717, 1.165) is 11.1 Å². The summed E-state index contributed by atoms with van der Waals surface area (Å²) < 4.78 is 17.8. The molecule has 8 nitrogen and oxygen atoms in total. The van der Waals surface area contributed by atoms with E-state index in [0.29, 0.717) is 31.3 Å². The second-order valence-electron chi connectivity index (χ2n) is 12.9. The molecular weight excluding hydrogens is 488 g/mol. The van der Waals surface area contributed by atoms with Gasteiger partial charge in [0, 0.05) is 30.3 Å². The van der Waals surface area contributed by atoms with Crippen LogP contribution < -0.4 is 0 Å². The molecule has 0 aromatic carbocycles. The van der Waals surface area contributed by atoms with Gasteiger partial charge in [-0.25, -0.2) is 4.79 Å². The first-order valence-electron chi connectivity index (χ1n) is 13.8. The summed E-state index contributed by atoms with van der Waals surface area (Å²) in [7, 11) is 0. The van der Waals surface area contributed by atoms with Crippen LogP contribution in [0.25, 0.3) is 0 Å². The van der Waals surface area contributed by atoms with Crippen LogP contribution in [-0.4, -0.2) is 63.6 Å². The van der Waals surface area contributed by atoms with E-state index in [-0.39, 0.29) is 29.7 Å². The number of allylic oxidation sites excluding steroid dienone is 1. The number of ketones is 1. The average molecular weight is 527 g/mol. The first-order chi connectivity index (χ1) is 17.7. The van der Waals surface area contributed by atoms with E-state index in [1.807, 2.05) is 33.8 Å². The van der Waals surface area contributed by atoms with Gasteiger partial charge in [0.25, 0.3) is 0 Å². The second kappa shape index (κ2) is 7.89. The average Bonchev–Trinajstić information content (AvgIpc) is 3.55. The maximum Gasteiger partial charge on any atom is 0.333 e. The molecule has 2 heterocycles. The zero-order valence-electron chi connectivity index (χ0n) is 22.9. The molecule has 2 aliphatic heterocycles. The van der Waals surface area contributed by atoms with Crippen LogP contribution in [0.15, 0.2) is 34.9 Å². The van der Waals surface area contributed by atoms with Gasteiger partial charge in [0.05, 0.1) is 11.5 Å². The number of hydrogen-bond donors (Lipinski definition) is 2. The molecule has 2 unspecified atom stereocenters. The molecule has 38 heavy (non-hydrogen) atoms. The Balaban J connectivity index is 1.42. The Morgan fingerprint density at radius 1 is 1.21 bits per heavy atom. The summed E-state index contributed by atoms with van der Waals surface area (Å²) in [5, 5.41) is 23.8. The summed E-state index contributed by atoms with van der Waals surface area (Å²) in [5.41, 5.74) is -1.70. The minimum atomic E-state index is -1.49. The van der Waals surface area contributed by atoms with Crippen LogP contribution in [0.5, 0.6) is 0 Å². The van der Waals surface area contributed by atoms with Crippen LogP contribution in [0.2, 0.25) is 0 Å². The molecule has 206 valence electrons. The second-order valence-corrected chi connectivity index (χ2v) is 12.9. The summed E-state index contributed by atoms with van der Waals surface area (Å²) in [4.78, 5) is 38.3. The zero-order chi connectivity index (χ0) is 27.6. The largest absolute Gasteiger partial charge is 0.458 e. The molecule has 0 aromatic heterocycles. The Hall–Kier alpha value is -2.29. The number of aliphatic hydroxyl groups excluding tert-OH is 1. The van der Waals surface area contributed by atoms with E-state index in [1.54, 1.807) is 6.92 Å². The SMILES string of the molecule is CC(=O)O[C@H]1C=C([C@H](C)[C@H]2CC(C)=C(C)C(=O)O2)[C@@]2(C)CCC3C(C[C@H]4O[C@]45[C@@H](O)C=CC(=O)[C@]35C)[C@]12O. The lowest BCUT2D eigenvalue weighted by atomic mass is 9.42. The third-order valence-corrected chi connectivity index (χ3v) is 11.5. The monoisotopic (exact) mass is 526 g/mol. The quantitative estimate of drug-likeness (QED) is 0.327. The van der Waals surface area contributed by atoms with Gasteiger partial charge in [-0.3, -0.25) is 9.59 Å². The van der Waals surface area contributed by atoms with Crippen molar-refractivity contribution in [1.29, 1.82) is 0 Å². The molecule has 0 radical (unpaired) electrons. The summed E-state index contributed by atoms with van der Waals surface area (Å²) in [6, 6.07) is 0. The molecule has 2 saturated carbocycles. The number of cyclic esters (lactones) is 1. The van der Waals surface area contributed by atoms with Crippen LogP contribution in [0, 0.1) is 28.6 Å². The lowest BCUT2D eigenvalue weighted by molar-refractivity contribution is -0.224. The normalized spacial score (nSPS) is 49.7. The lowest BCUT2D eigenvalue weighted by Crippen LogP contribution is -2.70. The molecule has 6 aliphatic rings. The van der Waals surface area contributed by atoms with E-state index in [2.05, 4.69) is 0 Å². The highest BCUT2D eigenvalue weighted by atomic mass is 16.6. The number of aliphatic hydroxyl groups is 2. The van der Waals surface area contributed by atoms with E-state index in [4.69, 9.17) is 14.2 Å². The van der Waals surface area contributed by atoms with Gasteiger partial charge < -0.3 is 24.4 Å². The summed E-state index contributed by atoms with van der Waals surface area (Å²) in [5.74, 6) is -1.81. The third kappa shape index (κ3) is 2.89. The molecule has 8 heteroatoms. The highest BCUT2D eigenvalue weighted by molar-refractivity contribution is 5.98. The van der Waals surface area contributed by atoms with Crippen molar-refractivity contribution >= 4 is 17.7 Å². The van der Waals surface area contributed by atoms with E-state index < -0.39 is 52.2 Å². The number of epoxide rings is 1. The van der Waals surface area contributed by atoms with Crippen LogP contribution in [0.1, 0.15) is 67.2 Å². The molecular formula is C30H38O8. The van der Waals surface area contributed by atoms with E-state index in [9.17, 15) is 24.6 Å². The summed E-state index contributed by atoms with van der Waals surface area (Å²) >= 11 is 0. The Kier molecular flexibility index (Phi) is 5.39. The Labute approximate surface area is 223 Å². The van der Waals surface area contributed by atoms with Crippen LogP contribution in [-0.2, 0) is 28.6 Å². The molecule has 1 saturated heterocycles. The summed E-state index contributed by atoms with van der Waals surface area (Å²) in [6.45, 7) is 10.9. The van der Waals surface area contributed by atoms with Crippen molar-refractivity contribution in [2.45, 2.75) is 103 Å². The predicted molar refractivity (Wildman–Crippen MR) is 135 cm³/mol. The zero-order valence-corrected chi connectivity index (χ0v) is 22.9. The molecule has 4 aliphatic carbocycles. The van der Waals surface area contributed by atoms with Crippen molar-refractivity contribution in [2.24, 2.45) is 28.6 Å². The number of carbonyl (C=O) groups is 3. The van der Waals surface area contributed by atoms with Gasteiger partial charge in [-0.2, -0.15) is 0 Å². The lowest BCUT2D eigenvalue weighted by Gasteiger charge is -2.61. The fourth-order valence-electron chi connectivity index (χ4n) is 9.14. The number of rotatable bonds is 3. The van der Waals surface area contributed by atoms with Gasteiger partial charge in [-0.15, -0.1) is 0 Å². The van der Waals surface area contributed by atoms with Gasteiger partial charge in [-0.1, -0.05) is 25.0 Å². The fourth-order valence-corrected chi connectivity index (χ4v) is 9.14. The predicted octanol–water partition coefficient (Wildman–Crippen LogP) is 2.96. The maximum absolute atomic E-state index is 13.5. The standard InChI is InChI=1S/C30H38O8/c1-14-11-21(37-26(34)15(14)2)16(3)19-12-24(36-17(4)31)29(35)20-13-25-30(38-25)23(33)8-7-22(32)28(30,6)18(20)9-10-27(19,29)5/h7-8,12,16,18,20-21,23-25,33,35H,9-11,13H2,1-6H3/t16-,18?,20?,21+,23-,24-,25+,27+,28-,29-,30+/m0/s1. The van der Waals surface area contributed by atoms with Crippen molar-refractivity contribution in [3.63, 3.8) is 0 Å². The van der Waals surface area contributed by atoms with E-state index in [1.165, 1.54) is 19.1 Å². The Morgan fingerprint density at radius 3 is 2.58 bits per heavy atom. The minimum Gasteiger partial charge on any atom is -0.458 e. The van der Waals surface area contributed by atoms with Crippen molar-refractivity contribution in [3.8, 4) is 0 Å². The number of ether oxygens (including phenoxy) is 3. The topological polar surface area (TPSA) is 123 Å². The Bertz CT molecular complexity index is 1230. The van der Waals surface area contributed by atoms with Crippen molar-refractivity contribution < 1.29 is 38.8 Å². The molecule has 0 aromatic rings. The van der Waals surface area contributed by atoms with Crippen molar-refractivity contribution in [3.05, 3.63) is 34.9 Å². The number of fused-ring (bicyclic) bond motifs is 4. The summed E-state index contributed by atoms with van der Waals surface area (Å²) in [6.07, 6.45) is 4.53. The fraction of sp³-hybridized carbons (Fsp3) is 0.700. The first-order valence-corrected chi connectivity index (χ1v) is 13.8. The van der Waals surface area contributed by atoms with Gasteiger partial charge in [0.1, 0.15) is 29.5 Å². The van der Waals surface area contributed by atoms with Crippen molar-refractivity contribution in [1.82, 2.24) is 0 Å². The van der Waals surface area contributed by atoms with Crippen LogP contribution >= 0.6 is 0 Å². The molecule has 2 N–H and O–H groups in total. The highest BCUT2D eigenvalue weighted by Crippen LogP contribution is 2.73. The number of carbonyl (C=O) groups excluding carboxylic acids is 3. The molecule has 3 fully saturated rings. The van der Waals surface area contributed by atoms with Gasteiger partial charge in [-0.05, 0) is 70.1 Å². The van der Waals surface area contributed by atoms with Crippen LogP contribution in [0.4, 0.5) is 0 Å².